The summed E-state index contributed by atoms with van der Waals surface area (Å²) in [4.78, 5) is 25.5. The molecule has 1 atom stereocenters. The van der Waals surface area contributed by atoms with E-state index in [4.69, 9.17) is 4.74 Å². The molecule has 1 aromatic rings. The van der Waals surface area contributed by atoms with Crippen LogP contribution in [0.25, 0.3) is 0 Å². The highest BCUT2D eigenvalue weighted by atomic mass is 32.2. The van der Waals surface area contributed by atoms with Crippen molar-refractivity contribution in [2.24, 2.45) is 0 Å². The van der Waals surface area contributed by atoms with Crippen molar-refractivity contribution in [1.82, 2.24) is 4.90 Å². The molecular weight excluding hydrogens is 375 g/mol. The summed E-state index contributed by atoms with van der Waals surface area (Å²) in [6.45, 7) is 1.09. The van der Waals surface area contributed by atoms with Gasteiger partial charge in [-0.25, -0.2) is 13.2 Å². The molecule has 1 heterocycles. The number of amides is 1. The zero-order valence-electron chi connectivity index (χ0n) is 14.0. The highest BCUT2D eigenvalue weighted by Crippen LogP contribution is 2.32. The maximum atomic E-state index is 12.9. The molecule has 1 aliphatic heterocycles. The van der Waals surface area contributed by atoms with Crippen LogP contribution >= 0.6 is 0 Å². The monoisotopic (exact) mass is 393 g/mol. The fourth-order valence-electron chi connectivity index (χ4n) is 2.86. The average Bonchev–Trinajstić information content (AvgIpc) is 2.92. The van der Waals surface area contributed by atoms with E-state index < -0.39 is 51.7 Å². The molecule has 1 aromatic carbocycles. The third-order valence-electron chi connectivity index (χ3n) is 4.09. The van der Waals surface area contributed by atoms with E-state index in [1.54, 1.807) is 6.92 Å². The minimum Gasteiger partial charge on any atom is -0.452 e. The van der Waals surface area contributed by atoms with E-state index in [1.807, 2.05) is 0 Å². The summed E-state index contributed by atoms with van der Waals surface area (Å²) in [5, 5.41) is 0. The molecular formula is C16H18F3NO5S. The molecule has 1 unspecified atom stereocenters. The number of esters is 1. The highest BCUT2D eigenvalue weighted by molar-refractivity contribution is 7.91. The molecule has 1 aliphatic rings. The van der Waals surface area contributed by atoms with Crippen molar-refractivity contribution in [2.45, 2.75) is 25.6 Å². The Morgan fingerprint density at radius 3 is 2.46 bits per heavy atom. The number of nitrogens with zero attached hydrogens (tertiary/aromatic N) is 1. The van der Waals surface area contributed by atoms with Gasteiger partial charge in [0.05, 0.1) is 22.6 Å². The van der Waals surface area contributed by atoms with Crippen molar-refractivity contribution < 1.29 is 35.9 Å². The Kier molecular flexibility index (Phi) is 5.94. The van der Waals surface area contributed by atoms with E-state index in [0.29, 0.717) is 0 Å². The van der Waals surface area contributed by atoms with Gasteiger partial charge in [0.1, 0.15) is 0 Å². The second kappa shape index (κ2) is 7.65. The molecule has 10 heteroatoms. The van der Waals surface area contributed by atoms with Gasteiger partial charge in [-0.2, -0.15) is 13.2 Å². The first kappa shape index (κ1) is 20.2. The predicted octanol–water partition coefficient (Wildman–Crippen LogP) is 1.90. The maximum absolute atomic E-state index is 12.9. The number of benzene rings is 1. The molecule has 26 heavy (non-hydrogen) atoms. The van der Waals surface area contributed by atoms with Gasteiger partial charge in [-0.3, -0.25) is 4.79 Å². The van der Waals surface area contributed by atoms with Crippen LogP contribution in [-0.4, -0.2) is 55.9 Å². The van der Waals surface area contributed by atoms with Crippen LogP contribution in [0.15, 0.2) is 24.3 Å². The summed E-state index contributed by atoms with van der Waals surface area (Å²) in [6, 6.07) is 3.61. The summed E-state index contributed by atoms with van der Waals surface area (Å²) in [6.07, 6.45) is -4.44. The largest absolute Gasteiger partial charge is 0.452 e. The predicted molar refractivity (Wildman–Crippen MR) is 86.2 cm³/mol. The van der Waals surface area contributed by atoms with E-state index >= 15 is 0 Å². The molecule has 0 saturated carbocycles. The van der Waals surface area contributed by atoms with Crippen LogP contribution in [0.5, 0.6) is 0 Å². The summed E-state index contributed by atoms with van der Waals surface area (Å²) >= 11 is 0. The van der Waals surface area contributed by atoms with Crippen molar-refractivity contribution in [1.29, 1.82) is 0 Å². The average molecular weight is 393 g/mol. The van der Waals surface area contributed by atoms with E-state index in [9.17, 15) is 31.2 Å². The first-order valence-corrected chi connectivity index (χ1v) is 9.70. The van der Waals surface area contributed by atoms with Crippen LogP contribution in [0.1, 0.15) is 29.3 Å². The summed E-state index contributed by atoms with van der Waals surface area (Å²) in [7, 11) is -3.21. The van der Waals surface area contributed by atoms with Gasteiger partial charge in [-0.15, -0.1) is 0 Å². The number of carbonyl (C=O) groups is 2. The normalized spacial score (nSPS) is 19.2. The van der Waals surface area contributed by atoms with Gasteiger partial charge < -0.3 is 9.64 Å². The van der Waals surface area contributed by atoms with Crippen LogP contribution in [-0.2, 0) is 25.5 Å². The molecule has 0 bridgehead atoms. The third-order valence-corrected chi connectivity index (χ3v) is 5.84. The lowest BCUT2D eigenvalue weighted by Gasteiger charge is -2.26. The van der Waals surface area contributed by atoms with Gasteiger partial charge in [0.2, 0.25) is 0 Å². The fourth-order valence-corrected chi connectivity index (χ4v) is 4.59. The molecule has 0 aliphatic carbocycles. The third kappa shape index (κ3) is 4.75. The number of halogens is 3. The lowest BCUT2D eigenvalue weighted by molar-refractivity contribution is -0.138. The van der Waals surface area contributed by atoms with Crippen molar-refractivity contribution in [3.63, 3.8) is 0 Å². The number of hydrogen-bond donors (Lipinski definition) is 0. The van der Waals surface area contributed by atoms with Crippen LogP contribution in [0.3, 0.4) is 0 Å². The van der Waals surface area contributed by atoms with E-state index in [-0.39, 0.29) is 24.5 Å². The SMILES string of the molecule is CCN(C(=O)COC(=O)c1ccccc1C(F)(F)F)C1CCS(=O)(=O)C1. The molecule has 0 radical (unpaired) electrons. The molecule has 1 saturated heterocycles. The summed E-state index contributed by atoms with van der Waals surface area (Å²) < 4.78 is 66.6. The van der Waals surface area contributed by atoms with E-state index in [2.05, 4.69) is 0 Å². The molecule has 6 nitrogen and oxygen atoms in total. The topological polar surface area (TPSA) is 80.8 Å². The number of hydrogen-bond acceptors (Lipinski definition) is 5. The molecule has 0 spiro atoms. The Balaban J connectivity index is 2.04. The number of alkyl halides is 3. The van der Waals surface area contributed by atoms with Crippen molar-refractivity contribution in [2.75, 3.05) is 24.7 Å². The molecule has 1 amide bonds. The summed E-state index contributed by atoms with van der Waals surface area (Å²) in [5.41, 5.74) is -1.83. The van der Waals surface area contributed by atoms with E-state index in [1.165, 1.54) is 11.0 Å². The summed E-state index contributed by atoms with van der Waals surface area (Å²) in [5.74, 6) is -2.11. The number of sulfone groups is 1. The number of carbonyl (C=O) groups excluding carboxylic acids is 2. The van der Waals surface area contributed by atoms with Gasteiger partial charge in [0.25, 0.3) is 5.91 Å². The second-order valence-electron chi connectivity index (χ2n) is 5.86. The van der Waals surface area contributed by atoms with Gasteiger partial charge >= 0.3 is 12.1 Å². The Hall–Kier alpha value is -2.10. The molecule has 0 aromatic heterocycles. The smallest absolute Gasteiger partial charge is 0.417 e. The van der Waals surface area contributed by atoms with Crippen LogP contribution in [0, 0.1) is 0 Å². The molecule has 144 valence electrons. The van der Waals surface area contributed by atoms with Crippen LogP contribution in [0.2, 0.25) is 0 Å². The number of ether oxygens (including phenoxy) is 1. The standard InChI is InChI=1S/C16H18F3NO5S/c1-2-20(11-7-8-26(23,24)10-11)14(21)9-25-15(22)12-5-3-4-6-13(12)16(17,18)19/h3-6,11H,2,7-10H2,1H3. The van der Waals surface area contributed by atoms with Gasteiger partial charge in [-0.1, -0.05) is 12.1 Å². The van der Waals surface area contributed by atoms with Crippen molar-refractivity contribution in [3.8, 4) is 0 Å². The number of likely N-dealkylation sites (N-methyl/N-ethyl adjacent to an activating group) is 1. The lowest BCUT2D eigenvalue weighted by Crippen LogP contribution is -2.43. The molecule has 1 fully saturated rings. The zero-order valence-corrected chi connectivity index (χ0v) is 14.8. The molecule has 0 N–H and O–H groups in total. The van der Waals surface area contributed by atoms with Gasteiger partial charge in [0, 0.05) is 12.6 Å². The maximum Gasteiger partial charge on any atom is 0.417 e. The molecule has 2 rings (SSSR count). The van der Waals surface area contributed by atoms with Gasteiger partial charge in [-0.05, 0) is 25.5 Å². The Bertz CT molecular complexity index is 791. The second-order valence-corrected chi connectivity index (χ2v) is 8.08. The minimum absolute atomic E-state index is 0.0276. The Morgan fingerprint density at radius 2 is 1.92 bits per heavy atom. The Morgan fingerprint density at radius 1 is 1.27 bits per heavy atom. The van der Waals surface area contributed by atoms with Crippen LogP contribution < -0.4 is 0 Å². The Labute approximate surface area is 148 Å². The zero-order chi connectivity index (χ0) is 19.5. The van der Waals surface area contributed by atoms with Gasteiger partial charge in [0.15, 0.2) is 16.4 Å². The number of rotatable bonds is 5. The van der Waals surface area contributed by atoms with Crippen molar-refractivity contribution >= 4 is 21.7 Å². The van der Waals surface area contributed by atoms with E-state index in [0.717, 1.165) is 18.2 Å². The fraction of sp³-hybridized carbons (Fsp3) is 0.500. The lowest BCUT2D eigenvalue weighted by atomic mass is 10.1. The first-order valence-electron chi connectivity index (χ1n) is 7.88. The van der Waals surface area contributed by atoms with Crippen LogP contribution in [0.4, 0.5) is 13.2 Å². The van der Waals surface area contributed by atoms with Crippen molar-refractivity contribution in [3.05, 3.63) is 35.4 Å². The first-order chi connectivity index (χ1) is 12.0. The minimum atomic E-state index is -4.73. The quantitative estimate of drug-likeness (QED) is 0.714. The highest BCUT2D eigenvalue weighted by Gasteiger charge is 2.36.